The van der Waals surface area contributed by atoms with E-state index in [0.29, 0.717) is 5.92 Å². The first-order valence-electron chi connectivity index (χ1n) is 18.4. The van der Waals surface area contributed by atoms with Crippen LogP contribution < -0.4 is 4.90 Å². The van der Waals surface area contributed by atoms with Crippen molar-refractivity contribution in [2.75, 3.05) is 4.90 Å². The number of aromatic nitrogens is 1. The lowest BCUT2D eigenvalue weighted by molar-refractivity contribution is 0.516. The Morgan fingerprint density at radius 2 is 1.43 bits per heavy atom. The summed E-state index contributed by atoms with van der Waals surface area (Å²) < 4.78 is 2.47. The van der Waals surface area contributed by atoms with Crippen LogP contribution in [0.2, 0.25) is 0 Å². The van der Waals surface area contributed by atoms with Gasteiger partial charge in [-0.2, -0.15) is 0 Å². The van der Waals surface area contributed by atoms with Crippen LogP contribution in [0.15, 0.2) is 176 Å². The average Bonchev–Trinajstić information content (AvgIpc) is 3.67. The number of allylic oxidation sites excluding steroid dienone is 7. The highest BCUT2D eigenvalue weighted by Gasteiger charge is 2.48. The van der Waals surface area contributed by atoms with E-state index in [1.165, 1.54) is 72.6 Å². The summed E-state index contributed by atoms with van der Waals surface area (Å²) in [5.74, 6) is 0.602. The molecule has 3 atom stereocenters. The van der Waals surface area contributed by atoms with Crippen molar-refractivity contribution in [3.8, 4) is 27.9 Å². The summed E-state index contributed by atoms with van der Waals surface area (Å²) in [6.07, 6.45) is 24.1. The maximum atomic E-state index is 2.63. The third kappa shape index (κ3) is 4.85. The monoisotopic (exact) mass is 656 g/mol. The molecule has 3 unspecified atom stereocenters. The molecule has 0 fully saturated rings. The normalized spacial score (nSPS) is 21.4. The second kappa shape index (κ2) is 11.9. The van der Waals surface area contributed by atoms with E-state index in [2.05, 4.69) is 192 Å². The number of para-hydroxylation sites is 1. The Morgan fingerprint density at radius 1 is 0.686 bits per heavy atom. The minimum Gasteiger partial charge on any atom is -0.335 e. The van der Waals surface area contributed by atoms with Crippen molar-refractivity contribution in [3.05, 3.63) is 198 Å². The van der Waals surface area contributed by atoms with Gasteiger partial charge >= 0.3 is 0 Å². The van der Waals surface area contributed by atoms with Crippen LogP contribution in [-0.4, -0.2) is 10.1 Å². The fourth-order valence-electron chi connectivity index (χ4n) is 9.15. The number of rotatable bonds is 5. The molecule has 10 rings (SSSR count). The minimum absolute atomic E-state index is 0.171. The quantitative estimate of drug-likeness (QED) is 0.179. The zero-order valence-electron chi connectivity index (χ0n) is 28.9. The summed E-state index contributed by atoms with van der Waals surface area (Å²) in [6, 6.07) is 44.9. The Labute approximate surface area is 300 Å². The summed E-state index contributed by atoms with van der Waals surface area (Å²) in [6.45, 7) is 2.41. The van der Waals surface area contributed by atoms with Gasteiger partial charge in [0.1, 0.15) is 0 Å². The molecule has 0 radical (unpaired) electrons. The molecule has 0 amide bonds. The maximum Gasteiger partial charge on any atom is 0.0709 e. The predicted octanol–water partition coefficient (Wildman–Crippen LogP) is 12.3. The van der Waals surface area contributed by atoms with E-state index in [4.69, 9.17) is 0 Å². The summed E-state index contributed by atoms with van der Waals surface area (Å²) >= 11 is 0. The molecule has 6 aromatic rings. The van der Waals surface area contributed by atoms with Gasteiger partial charge in [0.15, 0.2) is 0 Å². The van der Waals surface area contributed by atoms with Crippen molar-refractivity contribution in [2.45, 2.75) is 43.6 Å². The van der Waals surface area contributed by atoms with Crippen molar-refractivity contribution in [3.63, 3.8) is 0 Å². The van der Waals surface area contributed by atoms with Crippen LogP contribution in [0.5, 0.6) is 0 Å². The van der Waals surface area contributed by atoms with Crippen molar-refractivity contribution in [2.24, 2.45) is 0 Å². The molecule has 1 aliphatic heterocycles. The van der Waals surface area contributed by atoms with Crippen LogP contribution in [0.25, 0.3) is 44.9 Å². The minimum atomic E-state index is -0.171. The molecule has 0 bridgehead atoms. The Bertz CT molecular complexity index is 2450. The fourth-order valence-corrected chi connectivity index (χ4v) is 9.15. The fraction of sp³-hybridized carbons (Fsp3) is 0.143. The highest BCUT2D eigenvalue weighted by molar-refractivity contribution is 5.96. The van der Waals surface area contributed by atoms with Crippen molar-refractivity contribution < 1.29 is 0 Å². The summed E-state index contributed by atoms with van der Waals surface area (Å²) in [7, 11) is 0. The highest BCUT2D eigenvalue weighted by atomic mass is 15.2. The van der Waals surface area contributed by atoms with Gasteiger partial charge in [0, 0.05) is 45.6 Å². The van der Waals surface area contributed by atoms with Gasteiger partial charge in [-0.05, 0) is 102 Å². The van der Waals surface area contributed by atoms with E-state index in [0.717, 1.165) is 19.3 Å². The molecule has 0 spiro atoms. The molecule has 2 nitrogen and oxygen atoms in total. The van der Waals surface area contributed by atoms with Gasteiger partial charge in [0.05, 0.1) is 11.1 Å². The number of nitrogens with zero attached hydrogens (tertiary/aromatic N) is 2. The number of hydrogen-bond acceptors (Lipinski definition) is 1. The van der Waals surface area contributed by atoms with Gasteiger partial charge < -0.3 is 9.47 Å². The Kier molecular flexibility index (Phi) is 6.99. The van der Waals surface area contributed by atoms with Crippen LogP contribution in [0.3, 0.4) is 0 Å². The van der Waals surface area contributed by atoms with Gasteiger partial charge in [-0.1, -0.05) is 134 Å². The van der Waals surface area contributed by atoms with Crippen LogP contribution in [-0.2, 0) is 6.42 Å². The molecular formula is C49H40N2. The molecule has 4 aliphatic rings. The molecule has 3 aliphatic carbocycles. The molecule has 1 aromatic heterocycles. The highest BCUT2D eigenvalue weighted by Crippen LogP contribution is 2.54. The van der Waals surface area contributed by atoms with Crippen LogP contribution in [0.1, 0.15) is 54.0 Å². The third-order valence-electron chi connectivity index (χ3n) is 11.6. The van der Waals surface area contributed by atoms with Crippen LogP contribution in [0, 0.1) is 0 Å². The first-order chi connectivity index (χ1) is 25.2. The third-order valence-corrected chi connectivity index (χ3v) is 11.6. The Morgan fingerprint density at radius 3 is 2.27 bits per heavy atom. The largest absolute Gasteiger partial charge is 0.335 e. The number of fused-ring (bicyclic) bond motifs is 6. The van der Waals surface area contributed by atoms with Crippen LogP contribution in [0.4, 0.5) is 5.69 Å². The average molecular weight is 657 g/mol. The van der Waals surface area contributed by atoms with E-state index >= 15 is 0 Å². The molecular weight excluding hydrogens is 617 g/mol. The molecule has 0 saturated carbocycles. The molecule has 0 N–H and O–H groups in total. The van der Waals surface area contributed by atoms with E-state index in [-0.39, 0.29) is 11.5 Å². The second-order valence-electron chi connectivity index (χ2n) is 14.6. The van der Waals surface area contributed by atoms with E-state index in [1.54, 1.807) is 0 Å². The maximum absolute atomic E-state index is 2.63. The van der Waals surface area contributed by atoms with Crippen molar-refractivity contribution >= 4 is 22.7 Å². The predicted molar refractivity (Wildman–Crippen MR) is 214 cm³/mol. The molecule has 246 valence electrons. The second-order valence-corrected chi connectivity index (χ2v) is 14.6. The SMILES string of the molecule is CC12C=CC=CC1c1cc(-c3ccc4c(c3)c3c(n4-c4ccccc4)CCC=C3)ccc1N2C1=CC=CC(c2ccc(-c3ccccc3)cc2)C1. The number of benzene rings is 5. The van der Waals surface area contributed by atoms with E-state index in [9.17, 15) is 0 Å². The van der Waals surface area contributed by atoms with Crippen LogP contribution >= 0.6 is 0 Å². The standard InChI is InChI=1S/C49H40N2/c1-49-30-11-10-20-45(49)44-33-39(38-26-28-47-43(32-38)42-19-8-9-21-46(42)50(47)40-16-6-3-7-17-40)27-29-48(44)51(49)41-18-12-15-37(31-41)36-24-22-35(23-25-36)34-13-4-2-5-14-34/h2-8,10-20,22-30,32-33,37,45H,9,21,31H2,1H3. The summed E-state index contributed by atoms with van der Waals surface area (Å²) in [4.78, 5) is 2.63. The van der Waals surface area contributed by atoms with E-state index < -0.39 is 0 Å². The lowest BCUT2D eigenvalue weighted by atomic mass is 9.79. The molecule has 0 saturated heterocycles. The number of hydrogen-bond donors (Lipinski definition) is 0. The van der Waals surface area contributed by atoms with Crippen molar-refractivity contribution in [1.29, 1.82) is 0 Å². The molecule has 5 aromatic carbocycles. The first kappa shape index (κ1) is 30.0. The Hall–Kier alpha value is -5.86. The summed E-state index contributed by atoms with van der Waals surface area (Å²) in [5, 5.41) is 1.33. The van der Waals surface area contributed by atoms with Gasteiger partial charge in [0.2, 0.25) is 0 Å². The van der Waals surface area contributed by atoms with Gasteiger partial charge in [0.25, 0.3) is 0 Å². The molecule has 2 heterocycles. The smallest absolute Gasteiger partial charge is 0.0709 e. The van der Waals surface area contributed by atoms with Crippen molar-refractivity contribution in [1.82, 2.24) is 4.57 Å². The molecule has 2 heteroatoms. The summed E-state index contributed by atoms with van der Waals surface area (Å²) in [5.41, 5.74) is 15.6. The van der Waals surface area contributed by atoms with Gasteiger partial charge in [-0.25, -0.2) is 0 Å². The Balaban J connectivity index is 1.01. The lowest BCUT2D eigenvalue weighted by Gasteiger charge is -2.41. The lowest BCUT2D eigenvalue weighted by Crippen LogP contribution is -2.44. The zero-order valence-corrected chi connectivity index (χ0v) is 28.9. The van der Waals surface area contributed by atoms with Gasteiger partial charge in [-0.3, -0.25) is 0 Å². The number of anilines is 1. The first-order valence-corrected chi connectivity index (χ1v) is 18.4. The van der Waals surface area contributed by atoms with E-state index in [1.807, 2.05) is 0 Å². The van der Waals surface area contributed by atoms with Gasteiger partial charge in [-0.15, -0.1) is 0 Å². The molecule has 51 heavy (non-hydrogen) atoms. The topological polar surface area (TPSA) is 8.17 Å². The zero-order chi connectivity index (χ0) is 33.9.